The van der Waals surface area contributed by atoms with Crippen LogP contribution in [0.5, 0.6) is 5.75 Å². The fourth-order valence-corrected chi connectivity index (χ4v) is 1.64. The second-order valence-corrected chi connectivity index (χ2v) is 4.04. The minimum atomic E-state index is -1.04. The lowest BCUT2D eigenvalue weighted by Crippen LogP contribution is -2.15. The Labute approximate surface area is 116 Å². The van der Waals surface area contributed by atoms with Crippen LogP contribution >= 0.6 is 0 Å². The molecule has 2 rings (SSSR count). The molecule has 0 saturated carbocycles. The van der Waals surface area contributed by atoms with Gasteiger partial charge in [-0.2, -0.15) is 0 Å². The fraction of sp³-hybridized carbons (Fsp3) is 0. The summed E-state index contributed by atoms with van der Waals surface area (Å²) >= 11 is 0. The van der Waals surface area contributed by atoms with Crippen LogP contribution in [0.4, 0.5) is 20.2 Å². The number of rotatable bonds is 3. The molecule has 0 unspecified atom stereocenters. The molecule has 0 aromatic heterocycles. The van der Waals surface area contributed by atoms with Crippen molar-refractivity contribution in [3.63, 3.8) is 0 Å². The van der Waals surface area contributed by atoms with Crippen LogP contribution in [-0.2, 0) is 0 Å². The SMILES string of the molecule is O=C(Nc1ccc(O)cc1F)c1cc(F)ccc1[N+](=O)[O-]. The van der Waals surface area contributed by atoms with Crippen molar-refractivity contribution in [3.8, 4) is 5.75 Å². The lowest BCUT2D eigenvalue weighted by atomic mass is 10.1. The first-order valence-electron chi connectivity index (χ1n) is 5.62. The van der Waals surface area contributed by atoms with E-state index in [1.54, 1.807) is 0 Å². The average Bonchev–Trinajstić information content (AvgIpc) is 2.41. The van der Waals surface area contributed by atoms with Crippen LogP contribution < -0.4 is 5.32 Å². The lowest BCUT2D eigenvalue weighted by Gasteiger charge is -2.07. The van der Waals surface area contributed by atoms with Crippen molar-refractivity contribution in [1.29, 1.82) is 0 Å². The largest absolute Gasteiger partial charge is 0.508 e. The normalized spacial score (nSPS) is 10.2. The Bertz CT molecular complexity index is 734. The predicted molar refractivity (Wildman–Crippen MR) is 69.1 cm³/mol. The van der Waals surface area contributed by atoms with E-state index < -0.39 is 33.7 Å². The van der Waals surface area contributed by atoms with Crippen LogP contribution in [0.3, 0.4) is 0 Å². The van der Waals surface area contributed by atoms with Gasteiger partial charge in [-0.05, 0) is 24.3 Å². The monoisotopic (exact) mass is 294 g/mol. The smallest absolute Gasteiger partial charge is 0.282 e. The number of hydrogen-bond donors (Lipinski definition) is 2. The van der Waals surface area contributed by atoms with Gasteiger partial charge in [0.05, 0.1) is 10.6 Å². The van der Waals surface area contributed by atoms with Gasteiger partial charge in [-0.1, -0.05) is 0 Å². The quantitative estimate of drug-likeness (QED) is 0.517. The number of phenols is 1. The second kappa shape index (κ2) is 5.53. The molecule has 0 atom stereocenters. The molecule has 0 aliphatic rings. The second-order valence-electron chi connectivity index (χ2n) is 4.04. The zero-order valence-electron chi connectivity index (χ0n) is 10.3. The molecule has 0 radical (unpaired) electrons. The van der Waals surface area contributed by atoms with Crippen molar-refractivity contribution in [2.24, 2.45) is 0 Å². The van der Waals surface area contributed by atoms with Crippen molar-refractivity contribution < 1.29 is 23.6 Å². The minimum Gasteiger partial charge on any atom is -0.508 e. The highest BCUT2D eigenvalue weighted by atomic mass is 19.1. The summed E-state index contributed by atoms with van der Waals surface area (Å²) in [6.07, 6.45) is 0. The van der Waals surface area contributed by atoms with Gasteiger partial charge in [-0.3, -0.25) is 14.9 Å². The molecule has 0 saturated heterocycles. The van der Waals surface area contributed by atoms with Crippen LogP contribution in [0.1, 0.15) is 10.4 Å². The first-order chi connectivity index (χ1) is 9.88. The highest BCUT2D eigenvalue weighted by molar-refractivity contribution is 6.07. The molecule has 2 N–H and O–H groups in total. The number of nitrogens with zero attached hydrogens (tertiary/aromatic N) is 1. The highest BCUT2D eigenvalue weighted by Gasteiger charge is 2.21. The van der Waals surface area contributed by atoms with Gasteiger partial charge in [0.1, 0.15) is 22.9 Å². The summed E-state index contributed by atoms with van der Waals surface area (Å²) in [4.78, 5) is 21.9. The zero-order chi connectivity index (χ0) is 15.6. The maximum Gasteiger partial charge on any atom is 0.282 e. The molecule has 6 nitrogen and oxygen atoms in total. The van der Waals surface area contributed by atoms with E-state index in [1.807, 2.05) is 0 Å². The number of anilines is 1. The lowest BCUT2D eigenvalue weighted by molar-refractivity contribution is -0.385. The number of carbonyl (C=O) groups excluding carboxylic acids is 1. The Hall–Kier alpha value is -3.03. The number of nitro benzene ring substituents is 1. The van der Waals surface area contributed by atoms with Crippen molar-refractivity contribution in [1.82, 2.24) is 0 Å². The summed E-state index contributed by atoms with van der Waals surface area (Å²) in [6.45, 7) is 0. The Balaban J connectivity index is 2.36. The summed E-state index contributed by atoms with van der Waals surface area (Å²) in [5, 5.41) is 21.9. The topological polar surface area (TPSA) is 92.5 Å². The first-order valence-corrected chi connectivity index (χ1v) is 5.62. The number of hydrogen-bond acceptors (Lipinski definition) is 4. The number of aromatic hydroxyl groups is 1. The van der Waals surface area contributed by atoms with E-state index in [1.165, 1.54) is 0 Å². The molecule has 2 aromatic rings. The Kier molecular flexibility index (Phi) is 3.79. The van der Waals surface area contributed by atoms with E-state index in [9.17, 15) is 23.7 Å². The van der Waals surface area contributed by atoms with Crippen LogP contribution in [0.25, 0.3) is 0 Å². The summed E-state index contributed by atoms with van der Waals surface area (Å²) < 4.78 is 26.6. The number of carbonyl (C=O) groups is 1. The predicted octanol–water partition coefficient (Wildman–Crippen LogP) is 2.83. The maximum absolute atomic E-state index is 13.5. The standard InChI is InChI=1S/C13H8F2N2O4/c14-7-1-4-12(17(20)21)9(5-7)13(19)16-11-3-2-8(18)6-10(11)15/h1-6,18H,(H,16,19). The van der Waals surface area contributed by atoms with E-state index in [4.69, 9.17) is 5.11 Å². The van der Waals surface area contributed by atoms with E-state index in [2.05, 4.69) is 5.32 Å². The first kappa shape index (κ1) is 14.4. The van der Waals surface area contributed by atoms with Gasteiger partial charge in [0.25, 0.3) is 11.6 Å². The van der Waals surface area contributed by atoms with Gasteiger partial charge >= 0.3 is 0 Å². The van der Waals surface area contributed by atoms with Gasteiger partial charge in [0.15, 0.2) is 0 Å². The van der Waals surface area contributed by atoms with Gasteiger partial charge in [0, 0.05) is 12.1 Å². The summed E-state index contributed by atoms with van der Waals surface area (Å²) in [5.41, 5.74) is -1.43. The molecule has 2 aromatic carbocycles. The van der Waals surface area contributed by atoms with Crippen molar-refractivity contribution >= 4 is 17.3 Å². The molecule has 0 bridgehead atoms. The molecule has 8 heteroatoms. The molecular formula is C13H8F2N2O4. The van der Waals surface area contributed by atoms with Crippen LogP contribution in [-0.4, -0.2) is 15.9 Å². The number of halogens is 2. The van der Waals surface area contributed by atoms with E-state index in [0.29, 0.717) is 6.07 Å². The van der Waals surface area contributed by atoms with Gasteiger partial charge < -0.3 is 10.4 Å². The summed E-state index contributed by atoms with van der Waals surface area (Å²) in [6, 6.07) is 5.33. The summed E-state index contributed by atoms with van der Waals surface area (Å²) in [7, 11) is 0. The molecule has 0 heterocycles. The molecule has 108 valence electrons. The number of nitrogens with one attached hydrogen (secondary N) is 1. The van der Waals surface area contributed by atoms with E-state index >= 15 is 0 Å². The molecule has 0 aliphatic carbocycles. The Morgan fingerprint density at radius 1 is 1.19 bits per heavy atom. The fourth-order valence-electron chi connectivity index (χ4n) is 1.64. The van der Waals surface area contributed by atoms with E-state index in [0.717, 1.165) is 30.3 Å². The molecule has 21 heavy (non-hydrogen) atoms. The van der Waals surface area contributed by atoms with Crippen molar-refractivity contribution in [2.75, 3.05) is 5.32 Å². The third kappa shape index (κ3) is 3.11. The number of phenolic OH excluding ortho intramolecular Hbond substituents is 1. The molecule has 0 aliphatic heterocycles. The molecule has 0 fully saturated rings. The van der Waals surface area contributed by atoms with E-state index in [-0.39, 0.29) is 11.4 Å². The van der Waals surface area contributed by atoms with Crippen LogP contribution in [0, 0.1) is 21.7 Å². The number of benzene rings is 2. The maximum atomic E-state index is 13.5. The molecule has 0 spiro atoms. The van der Waals surface area contributed by atoms with Crippen LogP contribution in [0.2, 0.25) is 0 Å². The molecular weight excluding hydrogens is 286 g/mol. The number of nitro groups is 1. The van der Waals surface area contributed by atoms with Crippen molar-refractivity contribution in [3.05, 3.63) is 63.7 Å². The van der Waals surface area contributed by atoms with Gasteiger partial charge in [0.2, 0.25) is 0 Å². The third-order valence-corrected chi connectivity index (χ3v) is 2.60. The van der Waals surface area contributed by atoms with Crippen molar-refractivity contribution in [2.45, 2.75) is 0 Å². The average molecular weight is 294 g/mol. The highest BCUT2D eigenvalue weighted by Crippen LogP contribution is 2.23. The zero-order valence-corrected chi connectivity index (χ0v) is 10.3. The van der Waals surface area contributed by atoms with Crippen LogP contribution in [0.15, 0.2) is 36.4 Å². The summed E-state index contributed by atoms with van der Waals surface area (Å²) in [5.74, 6) is -3.15. The third-order valence-electron chi connectivity index (χ3n) is 2.60. The van der Waals surface area contributed by atoms with Gasteiger partial charge in [-0.25, -0.2) is 8.78 Å². The molecule has 1 amide bonds. The minimum absolute atomic E-state index is 0.295. The number of amides is 1. The Morgan fingerprint density at radius 3 is 2.52 bits per heavy atom. The van der Waals surface area contributed by atoms with Gasteiger partial charge in [-0.15, -0.1) is 0 Å². The Morgan fingerprint density at radius 2 is 1.90 bits per heavy atom.